The molecule has 218 valence electrons. The average molecular weight is 561 g/mol. The average Bonchev–Trinajstić information content (AvgIpc) is 2.91. The van der Waals surface area contributed by atoms with E-state index in [0.717, 1.165) is 42.6 Å². The van der Waals surface area contributed by atoms with Gasteiger partial charge < -0.3 is 25.7 Å². The summed E-state index contributed by atoms with van der Waals surface area (Å²) in [5, 5.41) is 14.1. The van der Waals surface area contributed by atoms with Crippen LogP contribution in [0.4, 0.5) is 0 Å². The predicted molar refractivity (Wildman–Crippen MR) is 155 cm³/mol. The second kappa shape index (κ2) is 14.6. The largest absolute Gasteiger partial charge is 0.461 e. The first-order chi connectivity index (χ1) is 18.5. The van der Waals surface area contributed by atoms with E-state index in [9.17, 15) is 19.5 Å². The molecule has 2 saturated carbocycles. The molecule has 2 bridgehead atoms. The fourth-order valence-electron chi connectivity index (χ4n) is 6.59. The molecule has 0 aromatic heterocycles. The maximum absolute atomic E-state index is 13.0. The van der Waals surface area contributed by atoms with E-state index in [0.29, 0.717) is 38.3 Å². The second-order valence-electron chi connectivity index (χ2n) is 12.1. The Morgan fingerprint density at radius 1 is 1.15 bits per heavy atom. The molecule has 7 atom stereocenters. The van der Waals surface area contributed by atoms with Crippen molar-refractivity contribution < 1.29 is 24.2 Å². The van der Waals surface area contributed by atoms with Gasteiger partial charge in [0.2, 0.25) is 5.91 Å². The van der Waals surface area contributed by atoms with Gasteiger partial charge in [-0.25, -0.2) is 0 Å². The van der Waals surface area contributed by atoms with Crippen LogP contribution >= 0.6 is 11.8 Å². The van der Waals surface area contributed by atoms with Gasteiger partial charge >= 0.3 is 5.97 Å². The molecule has 4 N–H and O–H groups in total. The van der Waals surface area contributed by atoms with E-state index in [1.54, 1.807) is 6.92 Å². The minimum atomic E-state index is -0.483. The number of fused-ring (bicyclic) bond motifs is 2. The van der Waals surface area contributed by atoms with Crippen LogP contribution in [0.25, 0.3) is 0 Å². The van der Waals surface area contributed by atoms with Gasteiger partial charge in [0.05, 0.1) is 18.3 Å². The smallest absolute Gasteiger partial charge is 0.316 e. The number of ketones is 1. The quantitative estimate of drug-likeness (QED) is 0.195. The van der Waals surface area contributed by atoms with E-state index in [2.05, 4.69) is 26.1 Å². The van der Waals surface area contributed by atoms with E-state index in [1.807, 2.05) is 24.3 Å². The lowest BCUT2D eigenvalue weighted by Gasteiger charge is -2.53. The third-order valence-electron chi connectivity index (χ3n) is 9.22. The van der Waals surface area contributed by atoms with Crippen molar-refractivity contribution in [3.63, 3.8) is 0 Å². The molecule has 0 saturated heterocycles. The summed E-state index contributed by atoms with van der Waals surface area (Å²) in [5.41, 5.74) is 6.28. The van der Waals surface area contributed by atoms with Crippen LogP contribution in [0.5, 0.6) is 0 Å². The third-order valence-corrected chi connectivity index (χ3v) is 10.2. The topological polar surface area (TPSA) is 119 Å². The van der Waals surface area contributed by atoms with Crippen molar-refractivity contribution in [1.82, 2.24) is 5.32 Å². The number of aliphatic hydroxyl groups excluding tert-OH is 1. The first-order valence-electron chi connectivity index (χ1n) is 14.6. The Morgan fingerprint density at radius 3 is 2.54 bits per heavy atom. The molecule has 2 aliphatic carbocycles. The number of thioether (sulfide) groups is 1. The highest BCUT2D eigenvalue weighted by Crippen LogP contribution is 2.55. The number of ether oxygens (including phenoxy) is 1. The molecule has 1 aromatic rings. The molecule has 0 spiro atoms. The van der Waals surface area contributed by atoms with Crippen LogP contribution in [-0.2, 0) is 25.5 Å². The number of nitrogens with one attached hydrogen (secondary N) is 1. The zero-order chi connectivity index (χ0) is 28.6. The predicted octanol–water partition coefficient (Wildman–Crippen LogP) is 4.53. The first-order valence-corrected chi connectivity index (χ1v) is 15.6. The maximum Gasteiger partial charge on any atom is 0.316 e. The molecule has 3 rings (SSSR count). The lowest BCUT2D eigenvalue weighted by atomic mass is 9.54. The third kappa shape index (κ3) is 8.79. The highest BCUT2D eigenvalue weighted by Gasteiger charge is 2.50. The van der Waals surface area contributed by atoms with Gasteiger partial charge in [-0.1, -0.05) is 32.9 Å². The van der Waals surface area contributed by atoms with E-state index in [1.165, 1.54) is 11.8 Å². The molecule has 0 aliphatic heterocycles. The Bertz CT molecular complexity index is 970. The summed E-state index contributed by atoms with van der Waals surface area (Å²) in [6, 6.07) is 7.70. The van der Waals surface area contributed by atoms with Crippen molar-refractivity contribution in [2.24, 2.45) is 34.8 Å². The number of nitrogens with two attached hydrogens (primary N) is 1. The van der Waals surface area contributed by atoms with Crippen LogP contribution in [0.1, 0.15) is 78.2 Å². The van der Waals surface area contributed by atoms with Gasteiger partial charge in [-0.3, -0.25) is 9.59 Å². The minimum Gasteiger partial charge on any atom is -0.461 e. The van der Waals surface area contributed by atoms with Gasteiger partial charge in [0.25, 0.3) is 0 Å². The Hall–Kier alpha value is -1.90. The summed E-state index contributed by atoms with van der Waals surface area (Å²) < 4.78 is 6.15. The van der Waals surface area contributed by atoms with E-state index >= 15 is 0 Å². The van der Waals surface area contributed by atoms with Gasteiger partial charge in [0.1, 0.15) is 11.9 Å². The summed E-state index contributed by atoms with van der Waals surface area (Å²) in [6.45, 7) is 9.24. The lowest BCUT2D eigenvalue weighted by molar-refractivity contribution is -0.161. The minimum absolute atomic E-state index is 0.00954. The Balaban J connectivity index is 1.60. The summed E-state index contributed by atoms with van der Waals surface area (Å²) >= 11 is 1.43. The van der Waals surface area contributed by atoms with E-state index in [4.69, 9.17) is 10.5 Å². The second-order valence-corrected chi connectivity index (χ2v) is 13.1. The van der Waals surface area contributed by atoms with E-state index in [-0.39, 0.29) is 52.7 Å². The van der Waals surface area contributed by atoms with Gasteiger partial charge in [0, 0.05) is 17.9 Å². The Morgan fingerprint density at radius 2 is 1.87 bits per heavy atom. The number of hydrogen-bond acceptors (Lipinski definition) is 7. The van der Waals surface area contributed by atoms with Gasteiger partial charge in [-0.15, -0.1) is 11.8 Å². The number of carbonyl (C=O) groups is 3. The van der Waals surface area contributed by atoms with Crippen molar-refractivity contribution in [1.29, 1.82) is 0 Å². The van der Waals surface area contributed by atoms with Crippen molar-refractivity contribution in [3.05, 3.63) is 29.8 Å². The number of rotatable bonds is 12. The van der Waals surface area contributed by atoms with Crippen molar-refractivity contribution >= 4 is 29.4 Å². The fourth-order valence-corrected chi connectivity index (χ4v) is 7.27. The number of aliphatic hydroxyl groups is 1. The highest BCUT2D eigenvalue weighted by molar-refractivity contribution is 8.00. The van der Waals surface area contributed by atoms with Crippen molar-refractivity contribution in [2.45, 2.75) is 96.2 Å². The lowest BCUT2D eigenvalue weighted by Crippen LogP contribution is -2.51. The van der Waals surface area contributed by atoms with Crippen LogP contribution in [0, 0.1) is 29.1 Å². The molecular weight excluding hydrogens is 512 g/mol. The molecule has 1 aromatic carbocycles. The Kier molecular flexibility index (Phi) is 11.9. The molecule has 7 nitrogen and oxygen atoms in total. The van der Waals surface area contributed by atoms with Crippen LogP contribution in [0.15, 0.2) is 29.2 Å². The van der Waals surface area contributed by atoms with Crippen LogP contribution < -0.4 is 11.1 Å². The van der Waals surface area contributed by atoms with Crippen LogP contribution in [-0.4, -0.2) is 53.8 Å². The number of carbonyl (C=O) groups excluding carboxylic acids is 3. The molecular formula is C31H48N2O5S. The Labute approximate surface area is 238 Å². The molecule has 2 aliphatic rings. The molecule has 0 radical (unpaired) electrons. The van der Waals surface area contributed by atoms with Crippen LogP contribution in [0.3, 0.4) is 0 Å². The number of benzene rings is 1. The SMILES string of the molecule is CC(=O)CC[C@]12CC[C@@H](C)C(C1)[C@H](OC(=O)CSc1ccc(CC(=O)NCCCN)cc1)C[C@@H](C)[C@@H](O)[C@@H]2C. The first kappa shape index (κ1) is 31.6. The van der Waals surface area contributed by atoms with E-state index < -0.39 is 6.10 Å². The van der Waals surface area contributed by atoms with Crippen LogP contribution in [0.2, 0.25) is 0 Å². The van der Waals surface area contributed by atoms with Gasteiger partial charge in [-0.05, 0) is 98.8 Å². The summed E-state index contributed by atoms with van der Waals surface area (Å²) in [5.74, 6) is 0.903. The van der Waals surface area contributed by atoms with Gasteiger partial charge in [0.15, 0.2) is 0 Å². The molecule has 1 amide bonds. The summed E-state index contributed by atoms with van der Waals surface area (Å²) in [4.78, 5) is 37.9. The summed E-state index contributed by atoms with van der Waals surface area (Å²) in [6.07, 6.45) is 5.25. The molecule has 0 heterocycles. The zero-order valence-electron chi connectivity index (χ0n) is 24.1. The normalized spacial score (nSPS) is 30.6. The number of amides is 1. The van der Waals surface area contributed by atoms with Crippen molar-refractivity contribution in [3.8, 4) is 0 Å². The highest BCUT2D eigenvalue weighted by atomic mass is 32.2. The fraction of sp³-hybridized carbons (Fsp3) is 0.710. The molecule has 8 heteroatoms. The number of esters is 1. The summed E-state index contributed by atoms with van der Waals surface area (Å²) in [7, 11) is 0. The maximum atomic E-state index is 13.0. The standard InChI is InChI=1S/C31H48N2O5S/c1-20-10-12-31(13-11-22(3)34)18-26(20)27(16-21(2)30(37)23(31)4)38-29(36)19-39-25-8-6-24(7-9-25)17-28(35)33-15-5-14-32/h6-9,20-21,23,26-27,30,37H,5,10-19,32H2,1-4H3,(H,33,35)/t20-,21-,23+,26?,27-,30-,31-/m1/s1. The molecule has 2 fully saturated rings. The monoisotopic (exact) mass is 560 g/mol. The molecule has 1 unspecified atom stereocenters. The van der Waals surface area contributed by atoms with Gasteiger partial charge in [-0.2, -0.15) is 0 Å². The number of Topliss-reactive ketones (excluding diaryl/α,β-unsaturated/α-hetero) is 1. The zero-order valence-corrected chi connectivity index (χ0v) is 24.9. The molecule has 39 heavy (non-hydrogen) atoms. The number of hydrogen-bond donors (Lipinski definition) is 3. The van der Waals surface area contributed by atoms with Crippen molar-refractivity contribution in [2.75, 3.05) is 18.8 Å².